The number of nitrogens with one attached hydrogen (secondary N) is 2. The predicted molar refractivity (Wildman–Crippen MR) is 88.6 cm³/mol. The third-order valence-corrected chi connectivity index (χ3v) is 4.23. The van der Waals surface area contributed by atoms with Gasteiger partial charge in [-0.1, -0.05) is 24.3 Å². The lowest BCUT2D eigenvalue weighted by molar-refractivity contribution is 0.114. The molecule has 0 spiro atoms. The molecule has 1 aromatic carbocycles. The maximum atomic E-state index is 5.56. The van der Waals surface area contributed by atoms with Crippen molar-refractivity contribution in [2.24, 2.45) is 5.10 Å². The van der Waals surface area contributed by atoms with Crippen LogP contribution >= 0.6 is 12.2 Å². The molecule has 1 heterocycles. The number of ether oxygens (including phenoxy) is 1. The smallest absolute Gasteiger partial charge is 0.187 e. The second kappa shape index (κ2) is 7.00. The van der Waals surface area contributed by atoms with Crippen LogP contribution in [-0.4, -0.2) is 30.1 Å². The first-order chi connectivity index (χ1) is 10.3. The Balaban J connectivity index is 1.55. The van der Waals surface area contributed by atoms with E-state index in [0.717, 1.165) is 51.0 Å². The van der Waals surface area contributed by atoms with E-state index in [1.807, 2.05) is 0 Å². The van der Waals surface area contributed by atoms with Crippen LogP contribution in [0.2, 0.25) is 0 Å². The number of hydrogen-bond donors (Lipinski definition) is 2. The molecule has 1 aliphatic carbocycles. The van der Waals surface area contributed by atoms with E-state index in [1.165, 1.54) is 11.1 Å². The first-order valence-electron chi connectivity index (χ1n) is 7.63. The van der Waals surface area contributed by atoms with Crippen LogP contribution in [0.15, 0.2) is 29.4 Å². The fourth-order valence-corrected chi connectivity index (χ4v) is 3.02. The number of nitrogens with zero attached hydrogens (tertiary/aromatic N) is 1. The van der Waals surface area contributed by atoms with Crippen molar-refractivity contribution in [3.63, 3.8) is 0 Å². The van der Waals surface area contributed by atoms with Crippen molar-refractivity contribution in [1.29, 1.82) is 0 Å². The van der Waals surface area contributed by atoms with E-state index in [0.29, 0.717) is 5.11 Å². The molecule has 0 unspecified atom stereocenters. The molecule has 1 fully saturated rings. The standard InChI is InChI=1S/C16H21N3OS/c21-16(17-11-13-7-4-10-20-13)19-18-15-9-3-6-12-5-1-2-8-14(12)15/h1-2,5,8,13H,3-4,6-7,9-11H2,(H2,17,19,21)/t13-/m0/s1. The van der Waals surface area contributed by atoms with E-state index < -0.39 is 0 Å². The van der Waals surface area contributed by atoms with E-state index in [-0.39, 0.29) is 6.10 Å². The van der Waals surface area contributed by atoms with Crippen molar-refractivity contribution in [2.45, 2.75) is 38.2 Å². The van der Waals surface area contributed by atoms with Crippen molar-refractivity contribution < 1.29 is 4.74 Å². The highest BCUT2D eigenvalue weighted by molar-refractivity contribution is 7.80. The normalized spacial score (nSPS) is 22.9. The van der Waals surface area contributed by atoms with Crippen molar-refractivity contribution >= 4 is 23.0 Å². The van der Waals surface area contributed by atoms with Gasteiger partial charge in [0.15, 0.2) is 5.11 Å². The highest BCUT2D eigenvalue weighted by Gasteiger charge is 2.16. The van der Waals surface area contributed by atoms with Gasteiger partial charge in [0.25, 0.3) is 0 Å². The van der Waals surface area contributed by atoms with Gasteiger partial charge in [0.1, 0.15) is 0 Å². The minimum Gasteiger partial charge on any atom is -0.376 e. The van der Waals surface area contributed by atoms with Crippen molar-refractivity contribution in [3.8, 4) is 0 Å². The molecule has 0 aromatic heterocycles. The molecule has 1 aliphatic heterocycles. The molecular formula is C16H21N3OS. The Kier molecular flexibility index (Phi) is 4.83. The first kappa shape index (κ1) is 14.5. The second-order valence-corrected chi connectivity index (χ2v) is 5.93. The Morgan fingerprint density at radius 1 is 1.29 bits per heavy atom. The maximum Gasteiger partial charge on any atom is 0.187 e. The SMILES string of the molecule is S=C(NC[C@@H]1CCCO1)NN=C1CCCc2ccccc21. The van der Waals surface area contributed by atoms with Gasteiger partial charge in [0.2, 0.25) is 0 Å². The Morgan fingerprint density at radius 3 is 3.05 bits per heavy atom. The molecule has 1 atom stereocenters. The van der Waals surface area contributed by atoms with Gasteiger partial charge < -0.3 is 10.1 Å². The Labute approximate surface area is 131 Å². The van der Waals surface area contributed by atoms with Crippen LogP contribution in [0.5, 0.6) is 0 Å². The molecule has 4 nitrogen and oxygen atoms in total. The summed E-state index contributed by atoms with van der Waals surface area (Å²) in [5, 5.41) is 8.24. The minimum atomic E-state index is 0.285. The molecule has 112 valence electrons. The van der Waals surface area contributed by atoms with E-state index in [4.69, 9.17) is 17.0 Å². The molecule has 3 rings (SSSR count). The van der Waals surface area contributed by atoms with E-state index in [1.54, 1.807) is 0 Å². The largest absolute Gasteiger partial charge is 0.376 e. The van der Waals surface area contributed by atoms with Gasteiger partial charge in [-0.25, -0.2) is 0 Å². The highest BCUT2D eigenvalue weighted by Crippen LogP contribution is 2.21. The molecule has 0 amide bonds. The fraction of sp³-hybridized carbons (Fsp3) is 0.500. The number of hydrazone groups is 1. The molecule has 2 aliphatic rings. The van der Waals surface area contributed by atoms with Crippen LogP contribution in [0.3, 0.4) is 0 Å². The summed E-state index contributed by atoms with van der Waals surface area (Å²) in [6.07, 6.45) is 5.82. The van der Waals surface area contributed by atoms with Crippen molar-refractivity contribution in [2.75, 3.05) is 13.2 Å². The number of fused-ring (bicyclic) bond motifs is 1. The van der Waals surface area contributed by atoms with E-state index in [2.05, 4.69) is 40.1 Å². The van der Waals surface area contributed by atoms with Gasteiger partial charge >= 0.3 is 0 Å². The van der Waals surface area contributed by atoms with Crippen LogP contribution in [-0.2, 0) is 11.2 Å². The predicted octanol–water partition coefficient (Wildman–Crippen LogP) is 2.37. The maximum absolute atomic E-state index is 5.56. The molecule has 0 saturated carbocycles. The number of hydrogen-bond acceptors (Lipinski definition) is 3. The lowest BCUT2D eigenvalue weighted by Gasteiger charge is -2.18. The summed E-state index contributed by atoms with van der Waals surface area (Å²) in [6.45, 7) is 1.62. The van der Waals surface area contributed by atoms with E-state index in [9.17, 15) is 0 Å². The molecule has 1 saturated heterocycles. The number of rotatable bonds is 3. The Bertz CT molecular complexity index is 538. The van der Waals surface area contributed by atoms with Crippen LogP contribution in [0.4, 0.5) is 0 Å². The monoisotopic (exact) mass is 303 g/mol. The van der Waals surface area contributed by atoms with Gasteiger partial charge in [-0.15, -0.1) is 0 Å². The zero-order valence-corrected chi connectivity index (χ0v) is 12.9. The van der Waals surface area contributed by atoms with E-state index >= 15 is 0 Å². The van der Waals surface area contributed by atoms with Gasteiger partial charge in [0, 0.05) is 18.7 Å². The van der Waals surface area contributed by atoms with Crippen LogP contribution < -0.4 is 10.7 Å². The van der Waals surface area contributed by atoms with Crippen LogP contribution in [0.25, 0.3) is 0 Å². The topological polar surface area (TPSA) is 45.6 Å². The van der Waals surface area contributed by atoms with Gasteiger partial charge in [-0.2, -0.15) is 5.10 Å². The van der Waals surface area contributed by atoms with Gasteiger partial charge in [0.05, 0.1) is 11.8 Å². The zero-order chi connectivity index (χ0) is 14.5. The van der Waals surface area contributed by atoms with Crippen LogP contribution in [0, 0.1) is 0 Å². The first-order valence-corrected chi connectivity index (χ1v) is 8.04. The fourth-order valence-electron chi connectivity index (χ4n) is 2.89. The molecule has 0 bridgehead atoms. The third-order valence-electron chi connectivity index (χ3n) is 3.99. The molecule has 2 N–H and O–H groups in total. The number of aryl methyl sites for hydroxylation is 1. The summed E-state index contributed by atoms with van der Waals surface area (Å²) < 4.78 is 5.56. The summed E-state index contributed by atoms with van der Waals surface area (Å²) >= 11 is 5.27. The molecule has 0 radical (unpaired) electrons. The lowest BCUT2D eigenvalue weighted by Crippen LogP contribution is -2.37. The molecule has 21 heavy (non-hydrogen) atoms. The second-order valence-electron chi connectivity index (χ2n) is 5.53. The van der Waals surface area contributed by atoms with Crippen molar-refractivity contribution in [1.82, 2.24) is 10.7 Å². The third kappa shape index (κ3) is 3.80. The lowest BCUT2D eigenvalue weighted by atomic mass is 9.90. The molecular weight excluding hydrogens is 282 g/mol. The summed E-state index contributed by atoms with van der Waals surface area (Å²) in [5.74, 6) is 0. The summed E-state index contributed by atoms with van der Waals surface area (Å²) in [6, 6.07) is 8.46. The zero-order valence-electron chi connectivity index (χ0n) is 12.1. The summed E-state index contributed by atoms with van der Waals surface area (Å²) in [7, 11) is 0. The summed E-state index contributed by atoms with van der Waals surface area (Å²) in [4.78, 5) is 0. The minimum absolute atomic E-state index is 0.285. The van der Waals surface area contributed by atoms with Gasteiger partial charge in [-0.05, 0) is 49.9 Å². The highest BCUT2D eigenvalue weighted by atomic mass is 32.1. The summed E-state index contributed by atoms with van der Waals surface area (Å²) in [5.41, 5.74) is 6.69. The average Bonchev–Trinajstić information content (AvgIpc) is 3.04. The number of thiocarbonyl (C=S) groups is 1. The molecule has 5 heteroatoms. The van der Waals surface area contributed by atoms with Crippen molar-refractivity contribution in [3.05, 3.63) is 35.4 Å². The number of benzene rings is 1. The Morgan fingerprint density at radius 2 is 2.19 bits per heavy atom. The average molecular weight is 303 g/mol. The molecule has 1 aromatic rings. The van der Waals surface area contributed by atoms with Crippen LogP contribution in [0.1, 0.15) is 36.8 Å². The quantitative estimate of drug-likeness (QED) is 0.665. The van der Waals surface area contributed by atoms with Gasteiger partial charge in [-0.3, -0.25) is 5.43 Å². The Hall–Kier alpha value is -1.46.